The van der Waals surface area contributed by atoms with Crippen molar-refractivity contribution in [3.63, 3.8) is 0 Å². The van der Waals surface area contributed by atoms with E-state index in [1.807, 2.05) is 6.07 Å². The van der Waals surface area contributed by atoms with E-state index in [2.05, 4.69) is 15.4 Å². The van der Waals surface area contributed by atoms with Gasteiger partial charge in [0.15, 0.2) is 5.82 Å². The summed E-state index contributed by atoms with van der Waals surface area (Å²) in [7, 11) is 1.78. The average molecular weight is 435 g/mol. The number of nitrogens with two attached hydrogens (primary N) is 1. The van der Waals surface area contributed by atoms with Gasteiger partial charge in [0, 0.05) is 31.2 Å². The van der Waals surface area contributed by atoms with E-state index in [-0.39, 0.29) is 12.0 Å². The second-order valence-electron chi connectivity index (χ2n) is 8.39. The van der Waals surface area contributed by atoms with Crippen LogP contribution in [0.3, 0.4) is 0 Å². The Morgan fingerprint density at radius 2 is 2.19 bits per heavy atom. The number of pyridine rings is 1. The van der Waals surface area contributed by atoms with Crippen molar-refractivity contribution in [3.05, 3.63) is 47.7 Å². The van der Waals surface area contributed by atoms with Gasteiger partial charge in [0.05, 0.1) is 30.8 Å². The van der Waals surface area contributed by atoms with E-state index in [1.54, 1.807) is 43.3 Å². The van der Waals surface area contributed by atoms with Gasteiger partial charge in [-0.15, -0.1) is 0 Å². The molecule has 0 aromatic carbocycles. The molecule has 32 heavy (non-hydrogen) atoms. The molecule has 10 heteroatoms. The van der Waals surface area contributed by atoms with Crippen LogP contribution in [-0.4, -0.2) is 50.0 Å². The van der Waals surface area contributed by atoms with E-state index >= 15 is 0 Å². The van der Waals surface area contributed by atoms with E-state index in [1.165, 1.54) is 0 Å². The van der Waals surface area contributed by atoms with Gasteiger partial charge in [0.2, 0.25) is 5.91 Å². The van der Waals surface area contributed by atoms with Gasteiger partial charge in [-0.2, -0.15) is 5.10 Å². The molecule has 0 spiro atoms. The van der Waals surface area contributed by atoms with Crippen LogP contribution in [0.5, 0.6) is 5.75 Å². The summed E-state index contributed by atoms with van der Waals surface area (Å²) in [6.07, 6.45) is 7.55. The van der Waals surface area contributed by atoms with E-state index in [0.29, 0.717) is 41.9 Å². The summed E-state index contributed by atoms with van der Waals surface area (Å²) < 4.78 is 12.7. The molecule has 1 unspecified atom stereocenters. The van der Waals surface area contributed by atoms with Crippen molar-refractivity contribution in [2.24, 2.45) is 12.8 Å². The second kappa shape index (κ2) is 7.95. The Morgan fingerprint density at radius 3 is 2.91 bits per heavy atom. The fourth-order valence-electron chi connectivity index (χ4n) is 3.91. The van der Waals surface area contributed by atoms with Crippen molar-refractivity contribution in [3.8, 4) is 17.3 Å². The lowest BCUT2D eigenvalue weighted by Gasteiger charge is -2.27. The van der Waals surface area contributed by atoms with Crippen LogP contribution in [-0.2, 0) is 35.0 Å². The third-order valence-corrected chi connectivity index (χ3v) is 5.73. The van der Waals surface area contributed by atoms with Crippen molar-refractivity contribution in [2.75, 3.05) is 18.5 Å². The Labute approximate surface area is 185 Å². The molecule has 10 nitrogen and oxygen atoms in total. The van der Waals surface area contributed by atoms with Crippen molar-refractivity contribution < 1.29 is 14.3 Å². The summed E-state index contributed by atoms with van der Waals surface area (Å²) in [6.45, 7) is 2.83. The van der Waals surface area contributed by atoms with Gasteiger partial charge in [-0.3, -0.25) is 14.5 Å². The zero-order valence-corrected chi connectivity index (χ0v) is 18.0. The van der Waals surface area contributed by atoms with Gasteiger partial charge in [-0.1, -0.05) is 0 Å². The Bertz CT molecular complexity index is 1170. The van der Waals surface area contributed by atoms with Crippen LogP contribution in [0.2, 0.25) is 0 Å². The van der Waals surface area contributed by atoms with Gasteiger partial charge in [0.1, 0.15) is 23.1 Å². The zero-order valence-electron chi connectivity index (χ0n) is 18.0. The largest absolute Gasteiger partial charge is 0.485 e. The minimum Gasteiger partial charge on any atom is -0.485 e. The quantitative estimate of drug-likeness (QED) is 0.593. The second-order valence-corrected chi connectivity index (χ2v) is 8.39. The number of anilines is 1. The maximum atomic E-state index is 13.1. The van der Waals surface area contributed by atoms with E-state index < -0.39 is 5.54 Å². The summed E-state index contributed by atoms with van der Waals surface area (Å²) in [5, 5.41) is 6.92. The Kier molecular flexibility index (Phi) is 5.10. The molecule has 0 bridgehead atoms. The first-order chi connectivity index (χ1) is 15.4. The molecule has 1 atom stereocenters. The number of hydrogen-bond acceptors (Lipinski definition) is 8. The van der Waals surface area contributed by atoms with E-state index in [4.69, 9.17) is 25.2 Å². The lowest BCUT2D eigenvalue weighted by molar-refractivity contribution is -0.121. The highest BCUT2D eigenvalue weighted by molar-refractivity contribution is 5.98. The smallest absolute Gasteiger partial charge is 0.250 e. The SMILES string of the molecule is Cn1cc(NC(=O)C(C)(N)c2nc(-c3cc(OC4COC4)ccn3)nc3c2CCC3)cn1. The third kappa shape index (κ3) is 3.82. The first-order valence-corrected chi connectivity index (χ1v) is 10.6. The van der Waals surface area contributed by atoms with Crippen LogP contribution in [0.4, 0.5) is 5.69 Å². The first-order valence-electron chi connectivity index (χ1n) is 10.6. The normalized spacial score (nSPS) is 17.3. The number of nitrogens with zero attached hydrogens (tertiary/aromatic N) is 5. The molecule has 3 aromatic heterocycles. The van der Waals surface area contributed by atoms with Crippen molar-refractivity contribution in [1.29, 1.82) is 0 Å². The molecule has 1 aliphatic heterocycles. The summed E-state index contributed by atoms with van der Waals surface area (Å²) in [6, 6.07) is 3.60. The molecule has 2 aliphatic rings. The van der Waals surface area contributed by atoms with E-state index in [9.17, 15) is 4.79 Å². The Morgan fingerprint density at radius 1 is 1.34 bits per heavy atom. The van der Waals surface area contributed by atoms with Crippen molar-refractivity contribution in [1.82, 2.24) is 24.7 Å². The summed E-state index contributed by atoms with van der Waals surface area (Å²) in [5.41, 5.74) is 8.76. The molecule has 1 amide bonds. The van der Waals surface area contributed by atoms with Crippen molar-refractivity contribution >= 4 is 11.6 Å². The summed E-state index contributed by atoms with van der Waals surface area (Å²) in [5.74, 6) is 0.750. The average Bonchev–Trinajstić information content (AvgIpc) is 3.38. The number of nitrogens with one attached hydrogen (secondary N) is 1. The minimum absolute atomic E-state index is 0.0465. The van der Waals surface area contributed by atoms with Crippen molar-refractivity contribution in [2.45, 2.75) is 37.8 Å². The number of fused-ring (bicyclic) bond motifs is 1. The minimum atomic E-state index is -1.36. The molecular weight excluding hydrogens is 410 g/mol. The molecule has 0 radical (unpaired) electrons. The lowest BCUT2D eigenvalue weighted by atomic mass is 9.92. The highest BCUT2D eigenvalue weighted by Gasteiger charge is 2.37. The number of carbonyl (C=O) groups excluding carboxylic acids is 1. The van der Waals surface area contributed by atoms with Crippen LogP contribution in [0.25, 0.3) is 11.5 Å². The lowest BCUT2D eigenvalue weighted by Crippen LogP contribution is -2.47. The number of carbonyl (C=O) groups is 1. The molecule has 1 fully saturated rings. The molecule has 1 aliphatic carbocycles. The van der Waals surface area contributed by atoms with Crippen LogP contribution < -0.4 is 15.8 Å². The van der Waals surface area contributed by atoms with Gasteiger partial charge >= 0.3 is 0 Å². The fraction of sp³-hybridized carbons (Fsp3) is 0.409. The number of rotatable bonds is 6. The fourth-order valence-corrected chi connectivity index (χ4v) is 3.91. The number of amides is 1. The number of aromatic nitrogens is 5. The van der Waals surface area contributed by atoms with Gasteiger partial charge in [-0.05, 0) is 37.8 Å². The molecular formula is C22H25N7O3. The topological polar surface area (TPSA) is 130 Å². The molecule has 1 saturated heterocycles. The monoisotopic (exact) mass is 435 g/mol. The highest BCUT2D eigenvalue weighted by Crippen LogP contribution is 2.32. The molecule has 166 valence electrons. The number of ether oxygens (including phenoxy) is 2. The predicted octanol–water partition coefficient (Wildman–Crippen LogP) is 1.35. The maximum absolute atomic E-state index is 13.1. The Balaban J connectivity index is 1.49. The zero-order chi connectivity index (χ0) is 22.3. The predicted molar refractivity (Wildman–Crippen MR) is 116 cm³/mol. The molecule has 4 heterocycles. The summed E-state index contributed by atoms with van der Waals surface area (Å²) in [4.78, 5) is 27.1. The Hall–Kier alpha value is -3.37. The van der Waals surface area contributed by atoms with Gasteiger partial charge in [-0.25, -0.2) is 9.97 Å². The number of hydrogen-bond donors (Lipinski definition) is 2. The van der Waals surface area contributed by atoms with Gasteiger partial charge < -0.3 is 20.5 Å². The third-order valence-electron chi connectivity index (χ3n) is 5.73. The summed E-state index contributed by atoms with van der Waals surface area (Å²) >= 11 is 0. The standard InChI is InChI=1S/C22H25N7O3/c1-22(23,21(30)26-13-9-25-29(2)10-13)19-16-4-3-5-17(16)27-20(28-19)18-8-14(6-7-24-18)32-15-11-31-12-15/h6-10,15H,3-5,11-12,23H2,1-2H3,(H,26,30). The molecule has 5 rings (SSSR count). The molecule has 0 saturated carbocycles. The highest BCUT2D eigenvalue weighted by atomic mass is 16.6. The van der Waals surface area contributed by atoms with Crippen LogP contribution >= 0.6 is 0 Å². The van der Waals surface area contributed by atoms with E-state index in [0.717, 1.165) is 30.5 Å². The van der Waals surface area contributed by atoms with Crippen LogP contribution in [0.15, 0.2) is 30.7 Å². The van der Waals surface area contributed by atoms with Crippen LogP contribution in [0, 0.1) is 0 Å². The van der Waals surface area contributed by atoms with Gasteiger partial charge in [0.25, 0.3) is 0 Å². The van der Waals surface area contributed by atoms with Crippen LogP contribution in [0.1, 0.15) is 30.3 Å². The molecule has 3 aromatic rings. The first kappa shape index (κ1) is 20.5. The maximum Gasteiger partial charge on any atom is 0.250 e. The molecule has 3 N–H and O–H groups in total. The number of aryl methyl sites for hydroxylation is 2.